The van der Waals surface area contributed by atoms with E-state index in [1.54, 1.807) is 0 Å². The quantitative estimate of drug-likeness (QED) is 0.410. The van der Waals surface area contributed by atoms with Gasteiger partial charge in [-0.1, -0.05) is 0 Å². The van der Waals surface area contributed by atoms with Crippen molar-refractivity contribution in [2.75, 3.05) is 0 Å². The third-order valence-electron chi connectivity index (χ3n) is 0.402. The van der Waals surface area contributed by atoms with Crippen molar-refractivity contribution in [1.82, 2.24) is 0 Å². The number of unbranched alkanes of at least 4 members (excludes halogenated alkanes) is 1. The summed E-state index contributed by atoms with van der Waals surface area (Å²) in [6.45, 7) is 0. The van der Waals surface area contributed by atoms with Crippen molar-refractivity contribution in [3.05, 3.63) is 0 Å². The van der Waals surface area contributed by atoms with Gasteiger partial charge in [-0.3, -0.25) is 0 Å². The molecule has 0 aliphatic heterocycles. The summed E-state index contributed by atoms with van der Waals surface area (Å²) < 4.78 is 0. The Kier molecular flexibility index (Phi) is 13.4. The van der Waals surface area contributed by atoms with Gasteiger partial charge in [0.15, 0.2) is 0 Å². The molecule has 0 spiro atoms. The number of carbonyl (C=O) groups excluding carboxylic acids is 2. The van der Waals surface area contributed by atoms with Gasteiger partial charge in [-0.05, 0) is 0 Å². The summed E-state index contributed by atoms with van der Waals surface area (Å²) in [4.78, 5) is 18.8. The Morgan fingerprint density at radius 1 is 1.00 bits per heavy atom. The van der Waals surface area contributed by atoms with Crippen LogP contribution in [0.5, 0.6) is 0 Å². The van der Waals surface area contributed by atoms with Crippen molar-refractivity contribution in [1.29, 1.82) is 0 Å². The smallest absolute Gasteiger partial charge is 0.120 e. The first kappa shape index (κ1) is 10.0. The Bertz CT molecular complexity index is 45.7. The molecular weight excluding hydrogens is 131 g/mol. The molecule has 1 radical (unpaired) electrons. The fraction of sp³-hybridized carbons (Fsp3) is 0.500. The van der Waals surface area contributed by atoms with Crippen LogP contribution in [0.15, 0.2) is 0 Å². The molecule has 0 heterocycles. The summed E-state index contributed by atoms with van der Waals surface area (Å²) in [5.41, 5.74) is 0. The zero-order chi connectivity index (χ0) is 4.83. The summed E-state index contributed by atoms with van der Waals surface area (Å²) in [5.74, 6) is 0. The van der Waals surface area contributed by atoms with Crippen LogP contribution < -0.4 is 0 Å². The van der Waals surface area contributed by atoms with Crippen LogP contribution in [0.3, 0.4) is 0 Å². The van der Waals surface area contributed by atoms with E-state index in [4.69, 9.17) is 0 Å². The van der Waals surface area contributed by atoms with Gasteiger partial charge < -0.3 is 9.59 Å². The van der Waals surface area contributed by atoms with Crippen molar-refractivity contribution in [2.45, 2.75) is 12.8 Å². The zero-order valence-electron chi connectivity index (χ0n) is 3.83. The van der Waals surface area contributed by atoms with Crippen LogP contribution in [0.1, 0.15) is 12.8 Å². The number of carbonyl (C=O) groups is 2. The fourth-order valence-corrected chi connectivity index (χ4v) is 0.136. The van der Waals surface area contributed by atoms with Gasteiger partial charge in [-0.15, -0.1) is 0 Å². The molecule has 0 aromatic rings. The molecule has 0 fully saturated rings. The van der Waals surface area contributed by atoms with E-state index >= 15 is 0 Å². The van der Waals surface area contributed by atoms with Crippen LogP contribution in [-0.2, 0) is 28.1 Å². The molecule has 0 aliphatic carbocycles. The fourth-order valence-electron chi connectivity index (χ4n) is 0.136. The average molecular weight is 137 g/mol. The van der Waals surface area contributed by atoms with Crippen molar-refractivity contribution >= 4 is 12.6 Å². The SMILES string of the molecule is O=CCCC=O.[V]. The number of rotatable bonds is 3. The Labute approximate surface area is 54.2 Å². The largest absolute Gasteiger partial charge is 0.303 e. The number of aldehydes is 2. The van der Waals surface area contributed by atoms with Gasteiger partial charge in [0.1, 0.15) is 12.6 Å². The first-order valence-corrected chi connectivity index (χ1v) is 1.79. The number of hydrogen-bond donors (Lipinski definition) is 0. The molecule has 0 aromatic heterocycles. The molecule has 39 valence electrons. The molecule has 0 aromatic carbocycles. The third kappa shape index (κ3) is 10.7. The molecule has 0 unspecified atom stereocenters. The van der Waals surface area contributed by atoms with E-state index in [2.05, 4.69) is 0 Å². The molecule has 3 heteroatoms. The zero-order valence-corrected chi connectivity index (χ0v) is 5.23. The van der Waals surface area contributed by atoms with Gasteiger partial charge in [-0.2, -0.15) is 0 Å². The Morgan fingerprint density at radius 3 is 1.43 bits per heavy atom. The van der Waals surface area contributed by atoms with Crippen LogP contribution in [0.4, 0.5) is 0 Å². The maximum atomic E-state index is 9.40. The van der Waals surface area contributed by atoms with Gasteiger partial charge in [0, 0.05) is 31.4 Å². The predicted octanol–water partition coefficient (Wildman–Crippen LogP) is 0.162. The van der Waals surface area contributed by atoms with Gasteiger partial charge in [-0.25, -0.2) is 0 Å². The average Bonchev–Trinajstić information content (AvgIpc) is 1.61. The standard InChI is InChI=1S/C4H6O2.V/c5-3-1-2-4-6;/h3-4H,1-2H2;. The third-order valence-corrected chi connectivity index (χ3v) is 0.402. The molecular formula is C4H6O2V. The van der Waals surface area contributed by atoms with Crippen molar-refractivity contribution in [3.63, 3.8) is 0 Å². The van der Waals surface area contributed by atoms with Crippen LogP contribution in [-0.4, -0.2) is 12.6 Å². The van der Waals surface area contributed by atoms with Crippen LogP contribution >= 0.6 is 0 Å². The molecule has 0 saturated heterocycles. The minimum atomic E-state index is 0. The maximum absolute atomic E-state index is 9.40. The van der Waals surface area contributed by atoms with E-state index in [0.29, 0.717) is 12.8 Å². The van der Waals surface area contributed by atoms with E-state index in [1.165, 1.54) is 0 Å². The summed E-state index contributed by atoms with van der Waals surface area (Å²) in [7, 11) is 0. The van der Waals surface area contributed by atoms with Crippen LogP contribution in [0.2, 0.25) is 0 Å². The minimum Gasteiger partial charge on any atom is -0.303 e. The minimum absolute atomic E-state index is 0. The Balaban J connectivity index is 0. The molecule has 0 bridgehead atoms. The number of hydrogen-bond acceptors (Lipinski definition) is 2. The maximum Gasteiger partial charge on any atom is 0.120 e. The van der Waals surface area contributed by atoms with Crippen LogP contribution in [0, 0.1) is 0 Å². The summed E-state index contributed by atoms with van der Waals surface area (Å²) in [6.07, 6.45) is 2.19. The summed E-state index contributed by atoms with van der Waals surface area (Å²) >= 11 is 0. The van der Waals surface area contributed by atoms with Gasteiger partial charge in [0.2, 0.25) is 0 Å². The molecule has 0 aliphatic rings. The van der Waals surface area contributed by atoms with Crippen molar-refractivity contribution in [2.24, 2.45) is 0 Å². The van der Waals surface area contributed by atoms with E-state index in [-0.39, 0.29) is 18.6 Å². The Morgan fingerprint density at radius 2 is 1.29 bits per heavy atom. The normalized spacial score (nSPS) is 6.29. The topological polar surface area (TPSA) is 34.1 Å². The van der Waals surface area contributed by atoms with Gasteiger partial charge in [0.25, 0.3) is 0 Å². The van der Waals surface area contributed by atoms with Crippen molar-refractivity contribution in [3.8, 4) is 0 Å². The van der Waals surface area contributed by atoms with E-state index in [0.717, 1.165) is 12.6 Å². The van der Waals surface area contributed by atoms with E-state index in [9.17, 15) is 9.59 Å². The second-order valence-corrected chi connectivity index (χ2v) is 0.911. The molecule has 0 amide bonds. The van der Waals surface area contributed by atoms with E-state index < -0.39 is 0 Å². The Hall–Kier alpha value is -0.0756. The van der Waals surface area contributed by atoms with E-state index in [1.807, 2.05) is 0 Å². The van der Waals surface area contributed by atoms with Crippen molar-refractivity contribution < 1.29 is 28.1 Å². The second-order valence-electron chi connectivity index (χ2n) is 0.911. The van der Waals surface area contributed by atoms with Gasteiger partial charge in [0.05, 0.1) is 0 Å². The molecule has 0 rings (SSSR count). The molecule has 7 heavy (non-hydrogen) atoms. The molecule has 0 saturated carbocycles. The molecule has 0 N–H and O–H groups in total. The summed E-state index contributed by atoms with van der Waals surface area (Å²) in [6, 6.07) is 0. The summed E-state index contributed by atoms with van der Waals surface area (Å²) in [5, 5.41) is 0. The predicted molar refractivity (Wildman–Crippen MR) is 21.4 cm³/mol. The molecule has 0 atom stereocenters. The second kappa shape index (κ2) is 9.33. The first-order chi connectivity index (χ1) is 2.91. The monoisotopic (exact) mass is 137 g/mol. The van der Waals surface area contributed by atoms with Gasteiger partial charge >= 0.3 is 0 Å². The van der Waals surface area contributed by atoms with Crippen LogP contribution in [0.25, 0.3) is 0 Å². The first-order valence-electron chi connectivity index (χ1n) is 1.79. The molecule has 2 nitrogen and oxygen atoms in total.